The molecule has 0 rings (SSSR count). The van der Waals surface area contributed by atoms with Crippen LogP contribution in [0.1, 0.15) is 0 Å². The Morgan fingerprint density at radius 1 is 0.667 bits per heavy atom. The minimum atomic E-state index is -5.81. The van der Waals surface area contributed by atoms with E-state index in [4.69, 9.17) is 4.55 Å². The van der Waals surface area contributed by atoms with Crippen molar-refractivity contribution >= 4 is 10.1 Å². The van der Waals surface area contributed by atoms with E-state index in [-0.39, 0.29) is 0 Å². The summed E-state index contributed by atoms with van der Waals surface area (Å²) < 4.78 is 141. The Balaban J connectivity index is 0. The Kier molecular flexibility index (Phi) is 11.6. The fraction of sp³-hybridized carbons (Fsp3) is 1.00. The Morgan fingerprint density at radius 2 is 0.917 bits per heavy atom. The third kappa shape index (κ3) is 7.88. The summed E-state index contributed by atoms with van der Waals surface area (Å²) in [4.78, 5) is 0. The summed E-state index contributed by atoms with van der Waals surface area (Å²) in [5.74, 6) is 0. The van der Waals surface area contributed by atoms with Gasteiger partial charge in [0.25, 0.3) is 11.9 Å². The van der Waals surface area contributed by atoms with Crippen LogP contribution in [0.15, 0.2) is 0 Å². The zero-order valence-electron chi connectivity index (χ0n) is 12.2. The molecule has 0 aromatic rings. The maximum atomic E-state index is 13.0. The van der Waals surface area contributed by atoms with E-state index in [0.717, 1.165) is 0 Å². The van der Waals surface area contributed by atoms with Crippen LogP contribution in [0.2, 0.25) is 0 Å². The van der Waals surface area contributed by atoms with Crippen molar-refractivity contribution in [3.63, 3.8) is 0 Å². The Bertz CT molecular complexity index is 441. The molecule has 0 amide bonds. The van der Waals surface area contributed by atoms with Gasteiger partial charge in [-0.15, -0.1) is 0 Å². The van der Waals surface area contributed by atoms with Crippen LogP contribution in [0.3, 0.4) is 0 Å². The first-order valence-corrected chi connectivity index (χ1v) is 7.55. The molecule has 0 bridgehead atoms. The van der Waals surface area contributed by atoms with Gasteiger partial charge in [-0.2, -0.15) is 8.42 Å². The number of alkyl halides is 9. The molecule has 7 atom stereocenters. The van der Waals surface area contributed by atoms with E-state index in [1.165, 1.54) is 0 Å². The standard InChI is InChI=1S/C8H9F9O3S.C2H7N/c9-1(3(11)5(13)7(15)16)2(10)4(12)6(14)8(17)21(18,19)20;1-3-2/h1-8H,(H,18,19,20);3H,1-2H3. The largest absolute Gasteiger partial charge is 0.323 e. The molecule has 0 spiro atoms. The third-order valence-electron chi connectivity index (χ3n) is 2.30. The third-order valence-corrected chi connectivity index (χ3v) is 3.13. The first-order valence-electron chi connectivity index (χ1n) is 6.05. The van der Waals surface area contributed by atoms with Gasteiger partial charge in [0.1, 0.15) is 0 Å². The Hall–Kier alpha value is -0.760. The first kappa shape index (κ1) is 25.5. The van der Waals surface area contributed by atoms with Crippen molar-refractivity contribution in [3.05, 3.63) is 0 Å². The smallest absolute Gasteiger partial charge is 0.300 e. The zero-order valence-corrected chi connectivity index (χ0v) is 13.0. The normalized spacial score (nSPS) is 21.0. The first-order chi connectivity index (χ1) is 10.7. The van der Waals surface area contributed by atoms with Gasteiger partial charge in [0.05, 0.1) is 0 Å². The average Bonchev–Trinajstić information content (AvgIpc) is 2.49. The fourth-order valence-corrected chi connectivity index (χ4v) is 1.63. The molecule has 7 unspecified atom stereocenters. The molecule has 4 nitrogen and oxygen atoms in total. The van der Waals surface area contributed by atoms with E-state index in [1.807, 2.05) is 14.1 Å². The summed E-state index contributed by atoms with van der Waals surface area (Å²) in [5.41, 5.74) is -4.02. The van der Waals surface area contributed by atoms with Crippen LogP contribution < -0.4 is 5.32 Å². The number of rotatable bonds is 8. The predicted molar refractivity (Wildman–Crippen MR) is 66.8 cm³/mol. The molecule has 0 saturated carbocycles. The molecular formula is C10H16F9NO3S. The van der Waals surface area contributed by atoms with E-state index in [2.05, 4.69) is 5.32 Å². The van der Waals surface area contributed by atoms with Gasteiger partial charge in [-0.1, -0.05) is 0 Å². The van der Waals surface area contributed by atoms with Crippen molar-refractivity contribution in [3.8, 4) is 0 Å². The van der Waals surface area contributed by atoms with E-state index >= 15 is 0 Å². The highest BCUT2D eigenvalue weighted by molar-refractivity contribution is 7.86. The molecule has 0 aromatic carbocycles. The summed E-state index contributed by atoms with van der Waals surface area (Å²) in [6, 6.07) is 0. The molecule has 0 heterocycles. The minimum Gasteiger partial charge on any atom is -0.323 e. The van der Waals surface area contributed by atoms with Gasteiger partial charge >= 0.3 is 10.1 Å². The van der Waals surface area contributed by atoms with E-state index in [9.17, 15) is 47.9 Å². The van der Waals surface area contributed by atoms with Crippen LogP contribution in [-0.4, -0.2) is 76.0 Å². The second-order valence-electron chi connectivity index (χ2n) is 4.37. The lowest BCUT2D eigenvalue weighted by Crippen LogP contribution is -2.47. The lowest BCUT2D eigenvalue weighted by atomic mass is 10.0. The number of hydrogen-bond donors (Lipinski definition) is 2. The summed E-state index contributed by atoms with van der Waals surface area (Å²) in [7, 11) is -2.06. The number of halogens is 9. The Labute approximate surface area is 132 Å². The molecule has 2 N–H and O–H groups in total. The van der Waals surface area contributed by atoms with Crippen molar-refractivity contribution in [1.82, 2.24) is 5.32 Å². The zero-order chi connectivity index (χ0) is 19.8. The van der Waals surface area contributed by atoms with Gasteiger partial charge in [0.2, 0.25) is 0 Å². The van der Waals surface area contributed by atoms with Crippen LogP contribution in [0.4, 0.5) is 39.5 Å². The molecule has 0 aliphatic rings. The van der Waals surface area contributed by atoms with Crippen molar-refractivity contribution in [1.29, 1.82) is 0 Å². The summed E-state index contributed by atoms with van der Waals surface area (Å²) in [5, 5.41) is 2.75. The van der Waals surface area contributed by atoms with E-state index < -0.39 is 59.1 Å². The summed E-state index contributed by atoms with van der Waals surface area (Å²) in [6.07, 6.45) is -27.7. The van der Waals surface area contributed by atoms with Gasteiger partial charge in [-0.25, -0.2) is 39.5 Å². The number of hydrogen-bond acceptors (Lipinski definition) is 3. The summed E-state index contributed by atoms with van der Waals surface area (Å²) in [6.45, 7) is 0. The van der Waals surface area contributed by atoms with Crippen LogP contribution in [0, 0.1) is 0 Å². The maximum Gasteiger partial charge on any atom is 0.300 e. The molecule has 0 saturated heterocycles. The van der Waals surface area contributed by atoms with Crippen LogP contribution in [0.5, 0.6) is 0 Å². The van der Waals surface area contributed by atoms with Crippen LogP contribution in [0.25, 0.3) is 0 Å². The van der Waals surface area contributed by atoms with Crippen LogP contribution >= 0.6 is 0 Å². The highest BCUT2D eigenvalue weighted by Crippen LogP contribution is 2.28. The summed E-state index contributed by atoms with van der Waals surface area (Å²) >= 11 is 0. The monoisotopic (exact) mass is 401 g/mol. The van der Waals surface area contributed by atoms with Gasteiger partial charge < -0.3 is 5.32 Å². The molecule has 0 aliphatic heterocycles. The maximum absolute atomic E-state index is 13.0. The van der Waals surface area contributed by atoms with E-state index in [0.29, 0.717) is 0 Å². The molecule has 0 aromatic heterocycles. The quantitative estimate of drug-likeness (QED) is 0.484. The minimum absolute atomic E-state index is 1.88. The van der Waals surface area contributed by atoms with Crippen molar-refractivity contribution in [2.24, 2.45) is 0 Å². The Morgan fingerprint density at radius 3 is 1.17 bits per heavy atom. The molecule has 0 aliphatic carbocycles. The van der Waals surface area contributed by atoms with Crippen molar-refractivity contribution < 1.29 is 52.5 Å². The van der Waals surface area contributed by atoms with Gasteiger partial charge in [0.15, 0.2) is 37.0 Å². The lowest BCUT2D eigenvalue weighted by molar-refractivity contribution is -0.0620. The van der Waals surface area contributed by atoms with Gasteiger partial charge in [0, 0.05) is 0 Å². The van der Waals surface area contributed by atoms with Gasteiger partial charge in [-0.3, -0.25) is 4.55 Å². The van der Waals surface area contributed by atoms with Crippen molar-refractivity contribution in [2.45, 2.75) is 49.0 Å². The highest BCUT2D eigenvalue weighted by Gasteiger charge is 2.49. The van der Waals surface area contributed by atoms with E-state index in [1.54, 1.807) is 0 Å². The second-order valence-corrected chi connectivity index (χ2v) is 5.85. The lowest BCUT2D eigenvalue weighted by Gasteiger charge is -2.24. The highest BCUT2D eigenvalue weighted by atomic mass is 32.2. The fourth-order valence-electron chi connectivity index (χ4n) is 1.15. The molecule has 148 valence electrons. The molecular weight excluding hydrogens is 385 g/mol. The van der Waals surface area contributed by atoms with Crippen molar-refractivity contribution in [2.75, 3.05) is 14.1 Å². The molecule has 14 heteroatoms. The second kappa shape index (κ2) is 11.0. The molecule has 0 fully saturated rings. The predicted octanol–water partition coefficient (Wildman–Crippen LogP) is 2.30. The van der Waals surface area contributed by atoms with Gasteiger partial charge in [-0.05, 0) is 14.1 Å². The molecule has 24 heavy (non-hydrogen) atoms. The average molecular weight is 401 g/mol. The van der Waals surface area contributed by atoms with Crippen LogP contribution in [-0.2, 0) is 10.1 Å². The topological polar surface area (TPSA) is 66.4 Å². The number of nitrogens with one attached hydrogen (secondary N) is 1. The SMILES string of the molecule is CNC.O=S(=O)(O)C(F)C(F)C(F)C(F)C(F)C(F)C(F)C(F)F. The molecule has 0 radical (unpaired) electrons.